The first-order valence-corrected chi connectivity index (χ1v) is 4.37. The third-order valence-corrected chi connectivity index (χ3v) is 1.96. The van der Waals surface area contributed by atoms with Crippen molar-refractivity contribution in [3.05, 3.63) is 12.7 Å². The molecule has 0 aliphatic carbocycles. The van der Waals surface area contributed by atoms with Gasteiger partial charge in [0.2, 0.25) is 0 Å². The summed E-state index contributed by atoms with van der Waals surface area (Å²) in [6, 6.07) is 0. The number of hydrogen-bond donors (Lipinski definition) is 0. The molecule has 2 nitrogen and oxygen atoms in total. The van der Waals surface area contributed by atoms with Crippen LogP contribution in [0.15, 0.2) is 12.7 Å². The van der Waals surface area contributed by atoms with Crippen LogP contribution in [0.4, 0.5) is 0 Å². The van der Waals surface area contributed by atoms with E-state index < -0.39 is 0 Å². The third-order valence-electron chi connectivity index (χ3n) is 0.860. The van der Waals surface area contributed by atoms with E-state index in [1.165, 1.54) is 6.08 Å². The van der Waals surface area contributed by atoms with Gasteiger partial charge in [0.05, 0.1) is 0 Å². The average Bonchev–Trinajstić information content (AvgIpc) is 1.85. The van der Waals surface area contributed by atoms with Gasteiger partial charge in [-0.15, -0.1) is 11.8 Å². The summed E-state index contributed by atoms with van der Waals surface area (Å²) in [6.07, 6.45) is 1.17. The van der Waals surface area contributed by atoms with Crippen LogP contribution in [0.5, 0.6) is 0 Å². The second-order valence-corrected chi connectivity index (χ2v) is 4.79. The molecule has 0 saturated heterocycles. The van der Waals surface area contributed by atoms with E-state index in [0.717, 1.165) is 0 Å². The van der Waals surface area contributed by atoms with Gasteiger partial charge in [-0.05, 0) is 0 Å². The maximum atomic E-state index is 10.5. The molecule has 0 rings (SSSR count). The van der Waals surface area contributed by atoms with Gasteiger partial charge in [0.15, 0.2) is 0 Å². The van der Waals surface area contributed by atoms with Gasteiger partial charge in [-0.1, -0.05) is 27.4 Å². The van der Waals surface area contributed by atoms with Crippen LogP contribution in [-0.4, -0.2) is 16.7 Å². The quantitative estimate of drug-likeness (QED) is 0.373. The Kier molecular flexibility index (Phi) is 4.26. The molecule has 0 saturated carbocycles. The number of rotatable bonds is 3. The lowest BCUT2D eigenvalue weighted by atomic mass is 10.3. The molecule has 0 aromatic rings. The summed E-state index contributed by atoms with van der Waals surface area (Å²) in [6.45, 7) is 9.50. The van der Waals surface area contributed by atoms with E-state index in [4.69, 9.17) is 4.74 Å². The van der Waals surface area contributed by atoms with Gasteiger partial charge in [-0.25, -0.2) is 4.79 Å². The van der Waals surface area contributed by atoms with Crippen LogP contribution in [0.25, 0.3) is 0 Å². The summed E-state index contributed by atoms with van der Waals surface area (Å²) in [7, 11) is 0. The van der Waals surface area contributed by atoms with Crippen molar-refractivity contribution in [3.8, 4) is 0 Å². The van der Waals surface area contributed by atoms with E-state index in [2.05, 4.69) is 27.4 Å². The molecule has 3 heteroatoms. The van der Waals surface area contributed by atoms with Gasteiger partial charge in [-0.2, -0.15) is 0 Å². The first-order chi connectivity index (χ1) is 4.95. The van der Waals surface area contributed by atoms with E-state index in [-0.39, 0.29) is 10.7 Å². The van der Waals surface area contributed by atoms with Crippen molar-refractivity contribution in [2.45, 2.75) is 25.5 Å². The van der Waals surface area contributed by atoms with Crippen molar-refractivity contribution < 1.29 is 9.53 Å². The van der Waals surface area contributed by atoms with Crippen LogP contribution in [0.1, 0.15) is 20.8 Å². The number of carbonyl (C=O) groups is 1. The standard InChI is InChI=1S/C8H14O2S/c1-5-7(9)10-6-11-8(2,3)4/h5H,1,6H2,2-4H3. The van der Waals surface area contributed by atoms with Crippen molar-refractivity contribution in [2.75, 3.05) is 5.94 Å². The molecular formula is C8H14O2S. The van der Waals surface area contributed by atoms with E-state index in [1.807, 2.05) is 0 Å². The minimum atomic E-state index is -0.359. The van der Waals surface area contributed by atoms with Crippen LogP contribution < -0.4 is 0 Å². The molecule has 0 aliphatic heterocycles. The van der Waals surface area contributed by atoms with Crippen molar-refractivity contribution >= 4 is 17.7 Å². The first-order valence-electron chi connectivity index (χ1n) is 3.39. The van der Waals surface area contributed by atoms with E-state index in [9.17, 15) is 4.79 Å². The van der Waals surface area contributed by atoms with Gasteiger partial charge < -0.3 is 4.74 Å². The monoisotopic (exact) mass is 174 g/mol. The topological polar surface area (TPSA) is 26.3 Å². The van der Waals surface area contributed by atoms with E-state index in [1.54, 1.807) is 11.8 Å². The van der Waals surface area contributed by atoms with Gasteiger partial charge >= 0.3 is 5.97 Å². The Hall–Kier alpha value is -0.440. The Morgan fingerprint density at radius 2 is 2.18 bits per heavy atom. The predicted molar refractivity (Wildman–Crippen MR) is 48.5 cm³/mol. The minimum absolute atomic E-state index is 0.140. The first kappa shape index (κ1) is 10.6. The summed E-state index contributed by atoms with van der Waals surface area (Å²) >= 11 is 1.59. The molecule has 0 unspecified atom stereocenters. The summed E-state index contributed by atoms with van der Waals surface area (Å²) in [5.74, 6) is 0.0377. The van der Waals surface area contributed by atoms with Gasteiger partial charge in [0, 0.05) is 10.8 Å². The lowest BCUT2D eigenvalue weighted by Gasteiger charge is -2.16. The van der Waals surface area contributed by atoms with E-state index in [0.29, 0.717) is 5.94 Å². The summed E-state index contributed by atoms with van der Waals surface area (Å²) < 4.78 is 4.91. The van der Waals surface area contributed by atoms with Crippen LogP contribution in [0, 0.1) is 0 Å². The number of thioether (sulfide) groups is 1. The van der Waals surface area contributed by atoms with Crippen molar-refractivity contribution in [2.24, 2.45) is 0 Å². The second-order valence-electron chi connectivity index (χ2n) is 3.04. The average molecular weight is 174 g/mol. The summed E-state index contributed by atoms with van der Waals surface area (Å²) in [5.41, 5.74) is 0. The Morgan fingerprint density at radius 1 is 1.64 bits per heavy atom. The van der Waals surface area contributed by atoms with Crippen molar-refractivity contribution in [1.82, 2.24) is 0 Å². The molecule has 0 heterocycles. The normalized spacial score (nSPS) is 10.8. The molecule has 0 amide bonds. The van der Waals surface area contributed by atoms with Gasteiger partial charge in [-0.3, -0.25) is 0 Å². The Morgan fingerprint density at radius 3 is 2.55 bits per heavy atom. The number of carbonyl (C=O) groups excluding carboxylic acids is 1. The SMILES string of the molecule is C=CC(=O)OCSC(C)(C)C. The molecular weight excluding hydrogens is 160 g/mol. The molecule has 0 N–H and O–H groups in total. The van der Waals surface area contributed by atoms with Crippen LogP contribution in [0.2, 0.25) is 0 Å². The van der Waals surface area contributed by atoms with Gasteiger partial charge in [0.25, 0.3) is 0 Å². The molecule has 0 bridgehead atoms. The molecule has 0 atom stereocenters. The molecule has 0 spiro atoms. The zero-order valence-electron chi connectivity index (χ0n) is 7.22. The van der Waals surface area contributed by atoms with E-state index >= 15 is 0 Å². The molecule has 0 aliphatic rings. The zero-order valence-corrected chi connectivity index (χ0v) is 8.03. The van der Waals surface area contributed by atoms with Crippen LogP contribution in [0.3, 0.4) is 0 Å². The fraction of sp³-hybridized carbons (Fsp3) is 0.625. The number of hydrogen-bond acceptors (Lipinski definition) is 3. The smallest absolute Gasteiger partial charge is 0.330 e. The zero-order chi connectivity index (χ0) is 8.91. The van der Waals surface area contributed by atoms with Crippen molar-refractivity contribution in [1.29, 1.82) is 0 Å². The Bertz CT molecular complexity index is 147. The lowest BCUT2D eigenvalue weighted by Crippen LogP contribution is -2.11. The Balaban J connectivity index is 3.42. The van der Waals surface area contributed by atoms with Crippen LogP contribution >= 0.6 is 11.8 Å². The maximum absolute atomic E-state index is 10.5. The molecule has 0 fully saturated rings. The predicted octanol–water partition coefficient (Wildman–Crippen LogP) is 2.20. The fourth-order valence-electron chi connectivity index (χ4n) is 0.323. The maximum Gasteiger partial charge on any atom is 0.330 e. The number of ether oxygens (including phenoxy) is 1. The second kappa shape index (κ2) is 4.44. The highest BCUT2D eigenvalue weighted by molar-refractivity contribution is 8.00. The Labute approximate surface area is 72.0 Å². The summed E-state index contributed by atoms with van der Waals surface area (Å²) in [4.78, 5) is 10.5. The molecule has 0 aromatic carbocycles. The lowest BCUT2D eigenvalue weighted by molar-refractivity contribution is -0.135. The highest BCUT2D eigenvalue weighted by atomic mass is 32.2. The van der Waals surface area contributed by atoms with Crippen LogP contribution in [-0.2, 0) is 9.53 Å². The van der Waals surface area contributed by atoms with Crippen molar-refractivity contribution in [3.63, 3.8) is 0 Å². The molecule has 0 radical (unpaired) electrons. The highest BCUT2D eigenvalue weighted by Crippen LogP contribution is 2.22. The molecule has 0 aromatic heterocycles. The fourth-order valence-corrected chi connectivity index (χ4v) is 0.852. The molecule has 11 heavy (non-hydrogen) atoms. The number of esters is 1. The largest absolute Gasteiger partial charge is 0.451 e. The van der Waals surface area contributed by atoms with Gasteiger partial charge in [0.1, 0.15) is 5.94 Å². The third kappa shape index (κ3) is 7.46. The molecule has 64 valence electrons. The minimum Gasteiger partial charge on any atom is -0.451 e. The summed E-state index contributed by atoms with van der Waals surface area (Å²) in [5, 5.41) is 0. The highest BCUT2D eigenvalue weighted by Gasteiger charge is 2.10.